The predicted octanol–water partition coefficient (Wildman–Crippen LogP) is 2.58. The van der Waals surface area contributed by atoms with Gasteiger partial charge in [0, 0.05) is 24.8 Å². The quantitative estimate of drug-likeness (QED) is 0.880. The number of hydrogen-bond donors (Lipinski definition) is 2. The fourth-order valence-corrected chi connectivity index (χ4v) is 1.81. The lowest BCUT2D eigenvalue weighted by molar-refractivity contribution is 0.0951. The zero-order chi connectivity index (χ0) is 14.4. The van der Waals surface area contributed by atoms with E-state index in [2.05, 4.69) is 15.6 Å². The van der Waals surface area contributed by atoms with E-state index < -0.39 is 0 Å². The molecule has 0 unspecified atom stereocenters. The Morgan fingerprint density at radius 1 is 1.25 bits per heavy atom. The fraction of sp³-hybridized carbons (Fsp3) is 0.200. The van der Waals surface area contributed by atoms with E-state index in [1.54, 1.807) is 36.5 Å². The largest absolute Gasteiger partial charge is 0.370 e. The van der Waals surface area contributed by atoms with E-state index in [0.717, 1.165) is 0 Å². The smallest absolute Gasteiger partial charge is 0.255 e. The van der Waals surface area contributed by atoms with Gasteiger partial charge in [0.2, 0.25) is 0 Å². The van der Waals surface area contributed by atoms with Gasteiger partial charge in [-0.25, -0.2) is 9.37 Å². The third-order valence-electron chi connectivity index (χ3n) is 2.79. The van der Waals surface area contributed by atoms with Crippen molar-refractivity contribution in [3.8, 4) is 0 Å². The Bertz CT molecular complexity index is 601. The SMILES string of the molecule is CCNc1ncccc1C(=O)NCc1ccccc1F. The molecule has 0 aliphatic heterocycles. The molecule has 0 atom stereocenters. The number of halogens is 1. The van der Waals surface area contributed by atoms with Gasteiger partial charge in [0.05, 0.1) is 5.56 Å². The van der Waals surface area contributed by atoms with Crippen LogP contribution in [0.1, 0.15) is 22.8 Å². The summed E-state index contributed by atoms with van der Waals surface area (Å²) in [6.07, 6.45) is 1.62. The van der Waals surface area contributed by atoms with Crippen LogP contribution < -0.4 is 10.6 Å². The molecule has 0 saturated heterocycles. The van der Waals surface area contributed by atoms with Crippen LogP contribution in [0.15, 0.2) is 42.6 Å². The van der Waals surface area contributed by atoms with Crippen LogP contribution in [0, 0.1) is 5.82 Å². The zero-order valence-corrected chi connectivity index (χ0v) is 11.2. The number of anilines is 1. The van der Waals surface area contributed by atoms with Crippen molar-refractivity contribution in [3.05, 3.63) is 59.5 Å². The number of nitrogens with zero attached hydrogens (tertiary/aromatic N) is 1. The molecular formula is C15H16FN3O. The minimum atomic E-state index is -0.328. The molecule has 0 fully saturated rings. The minimum absolute atomic E-state index is 0.145. The van der Waals surface area contributed by atoms with Gasteiger partial charge in [-0.3, -0.25) is 4.79 Å². The van der Waals surface area contributed by atoms with E-state index in [0.29, 0.717) is 23.5 Å². The maximum atomic E-state index is 13.5. The maximum Gasteiger partial charge on any atom is 0.255 e. The lowest BCUT2D eigenvalue weighted by Gasteiger charge is -2.10. The summed E-state index contributed by atoms with van der Waals surface area (Å²) in [5.41, 5.74) is 0.903. The maximum absolute atomic E-state index is 13.5. The normalized spacial score (nSPS) is 10.1. The molecule has 0 saturated carbocycles. The fourth-order valence-electron chi connectivity index (χ4n) is 1.81. The number of rotatable bonds is 5. The number of carbonyl (C=O) groups excluding carboxylic acids is 1. The van der Waals surface area contributed by atoms with Gasteiger partial charge >= 0.3 is 0 Å². The first kappa shape index (κ1) is 14.0. The number of aromatic nitrogens is 1. The van der Waals surface area contributed by atoms with Crippen molar-refractivity contribution in [1.82, 2.24) is 10.3 Å². The third-order valence-corrected chi connectivity index (χ3v) is 2.79. The summed E-state index contributed by atoms with van der Waals surface area (Å²) < 4.78 is 13.5. The van der Waals surface area contributed by atoms with Crippen LogP contribution in [-0.4, -0.2) is 17.4 Å². The van der Waals surface area contributed by atoms with Crippen molar-refractivity contribution in [2.45, 2.75) is 13.5 Å². The van der Waals surface area contributed by atoms with Crippen LogP contribution in [0.5, 0.6) is 0 Å². The number of benzene rings is 1. The first-order valence-corrected chi connectivity index (χ1v) is 6.43. The molecule has 0 aliphatic carbocycles. The van der Waals surface area contributed by atoms with Gasteiger partial charge in [-0.15, -0.1) is 0 Å². The zero-order valence-electron chi connectivity index (χ0n) is 11.2. The molecule has 2 rings (SSSR count). The highest BCUT2D eigenvalue weighted by Crippen LogP contribution is 2.12. The van der Waals surface area contributed by atoms with E-state index >= 15 is 0 Å². The Labute approximate surface area is 117 Å². The van der Waals surface area contributed by atoms with Crippen LogP contribution in [0.2, 0.25) is 0 Å². The van der Waals surface area contributed by atoms with Crippen molar-refractivity contribution in [2.75, 3.05) is 11.9 Å². The lowest BCUT2D eigenvalue weighted by Crippen LogP contribution is -2.24. The van der Waals surface area contributed by atoms with Crippen LogP contribution >= 0.6 is 0 Å². The predicted molar refractivity (Wildman–Crippen MR) is 76.0 cm³/mol. The van der Waals surface area contributed by atoms with E-state index in [9.17, 15) is 9.18 Å². The van der Waals surface area contributed by atoms with Gasteiger partial charge in [-0.1, -0.05) is 18.2 Å². The number of pyridine rings is 1. The molecule has 0 bridgehead atoms. The molecule has 0 radical (unpaired) electrons. The summed E-state index contributed by atoms with van der Waals surface area (Å²) in [4.78, 5) is 16.2. The van der Waals surface area contributed by atoms with Gasteiger partial charge in [0.15, 0.2) is 0 Å². The molecular weight excluding hydrogens is 257 g/mol. The van der Waals surface area contributed by atoms with Gasteiger partial charge in [0.25, 0.3) is 5.91 Å². The highest BCUT2D eigenvalue weighted by molar-refractivity contribution is 5.98. The number of carbonyl (C=O) groups is 1. The van der Waals surface area contributed by atoms with Crippen molar-refractivity contribution >= 4 is 11.7 Å². The summed E-state index contributed by atoms with van der Waals surface area (Å²) in [6.45, 7) is 2.74. The van der Waals surface area contributed by atoms with Gasteiger partial charge in [-0.2, -0.15) is 0 Å². The molecule has 20 heavy (non-hydrogen) atoms. The molecule has 4 nitrogen and oxygen atoms in total. The van der Waals surface area contributed by atoms with Crippen LogP contribution in [0.25, 0.3) is 0 Å². The second-order valence-electron chi connectivity index (χ2n) is 4.20. The van der Waals surface area contributed by atoms with Crippen molar-refractivity contribution < 1.29 is 9.18 Å². The van der Waals surface area contributed by atoms with E-state index in [4.69, 9.17) is 0 Å². The van der Waals surface area contributed by atoms with Crippen LogP contribution in [0.3, 0.4) is 0 Å². The first-order chi connectivity index (χ1) is 9.72. The Kier molecular flexibility index (Phi) is 4.65. The van der Waals surface area contributed by atoms with Crippen LogP contribution in [0.4, 0.5) is 10.2 Å². The second kappa shape index (κ2) is 6.65. The minimum Gasteiger partial charge on any atom is -0.370 e. The average molecular weight is 273 g/mol. The summed E-state index contributed by atoms with van der Waals surface area (Å²) in [6, 6.07) is 9.74. The summed E-state index contributed by atoms with van der Waals surface area (Å²) in [7, 11) is 0. The second-order valence-corrected chi connectivity index (χ2v) is 4.20. The van der Waals surface area contributed by atoms with E-state index in [-0.39, 0.29) is 18.3 Å². The summed E-state index contributed by atoms with van der Waals surface area (Å²) in [5.74, 6) is -0.0794. The molecule has 1 aromatic carbocycles. The lowest BCUT2D eigenvalue weighted by atomic mass is 10.2. The molecule has 0 aliphatic rings. The molecule has 2 aromatic rings. The molecule has 1 heterocycles. The molecule has 2 N–H and O–H groups in total. The Balaban J connectivity index is 2.07. The first-order valence-electron chi connectivity index (χ1n) is 6.43. The van der Waals surface area contributed by atoms with Crippen molar-refractivity contribution in [1.29, 1.82) is 0 Å². The van der Waals surface area contributed by atoms with Crippen molar-refractivity contribution in [2.24, 2.45) is 0 Å². The third kappa shape index (κ3) is 3.32. The topological polar surface area (TPSA) is 54.0 Å². The Morgan fingerprint density at radius 3 is 2.80 bits per heavy atom. The molecule has 1 aromatic heterocycles. The molecule has 1 amide bonds. The van der Waals surface area contributed by atoms with E-state index in [1.807, 2.05) is 6.92 Å². The average Bonchev–Trinajstić information content (AvgIpc) is 2.47. The standard InChI is InChI=1S/C15H16FN3O/c1-2-17-14-12(7-5-9-18-14)15(20)19-10-11-6-3-4-8-13(11)16/h3-9H,2,10H2,1H3,(H,17,18)(H,19,20). The molecule has 0 spiro atoms. The highest BCUT2D eigenvalue weighted by Gasteiger charge is 2.12. The highest BCUT2D eigenvalue weighted by atomic mass is 19.1. The monoisotopic (exact) mass is 273 g/mol. The Hall–Kier alpha value is -2.43. The number of hydrogen-bond acceptors (Lipinski definition) is 3. The molecule has 5 heteroatoms. The molecule has 104 valence electrons. The Morgan fingerprint density at radius 2 is 2.05 bits per heavy atom. The number of nitrogens with one attached hydrogen (secondary N) is 2. The summed E-state index contributed by atoms with van der Waals surface area (Å²) >= 11 is 0. The van der Waals surface area contributed by atoms with Crippen LogP contribution in [-0.2, 0) is 6.54 Å². The van der Waals surface area contributed by atoms with Gasteiger partial charge < -0.3 is 10.6 Å². The number of amides is 1. The van der Waals surface area contributed by atoms with Gasteiger partial charge in [-0.05, 0) is 25.1 Å². The van der Waals surface area contributed by atoms with E-state index in [1.165, 1.54) is 6.07 Å². The summed E-state index contributed by atoms with van der Waals surface area (Å²) in [5, 5.41) is 5.72. The van der Waals surface area contributed by atoms with Gasteiger partial charge in [0.1, 0.15) is 11.6 Å². The van der Waals surface area contributed by atoms with Crippen molar-refractivity contribution in [3.63, 3.8) is 0 Å².